The van der Waals surface area contributed by atoms with Crippen LogP contribution in [0.3, 0.4) is 0 Å². The summed E-state index contributed by atoms with van der Waals surface area (Å²) >= 11 is 0. The van der Waals surface area contributed by atoms with Crippen LogP contribution in [0, 0.1) is 0 Å². The van der Waals surface area contributed by atoms with Crippen LogP contribution < -0.4 is 21.1 Å². The van der Waals surface area contributed by atoms with Crippen LogP contribution in [-0.4, -0.2) is 37.1 Å². The number of amides is 2. The van der Waals surface area contributed by atoms with Gasteiger partial charge in [0.05, 0.1) is 12.7 Å². The highest BCUT2D eigenvalue weighted by atomic mass is 16.5. The fourth-order valence-electron chi connectivity index (χ4n) is 2.70. The Hall–Kier alpha value is -2.90. The minimum absolute atomic E-state index is 0.139. The SMILES string of the molecule is C[C@H]1OCCN[C@@H]1C(=O)Nc1ccc(Oc2cccc(C(N)=O)c2)cc1. The van der Waals surface area contributed by atoms with Gasteiger partial charge in [-0.15, -0.1) is 0 Å². The van der Waals surface area contributed by atoms with Gasteiger partial charge in [-0.1, -0.05) is 6.07 Å². The number of nitrogens with two attached hydrogens (primary N) is 1. The van der Waals surface area contributed by atoms with Gasteiger partial charge < -0.3 is 25.8 Å². The standard InChI is InChI=1S/C19H21N3O4/c1-12-17(21-9-10-25-12)19(24)22-14-5-7-15(8-6-14)26-16-4-2-3-13(11-16)18(20)23/h2-8,11-12,17,21H,9-10H2,1H3,(H2,20,23)(H,22,24)/t12-,17+/m1/s1. The second kappa shape index (κ2) is 7.99. The summed E-state index contributed by atoms with van der Waals surface area (Å²) in [5.41, 5.74) is 6.30. The number of rotatable bonds is 5. The molecule has 7 nitrogen and oxygen atoms in total. The van der Waals surface area contributed by atoms with Gasteiger partial charge in [0.1, 0.15) is 17.5 Å². The Kier molecular flexibility index (Phi) is 5.50. The molecule has 2 amide bonds. The largest absolute Gasteiger partial charge is 0.457 e. The smallest absolute Gasteiger partial charge is 0.248 e. The van der Waals surface area contributed by atoms with Crippen molar-refractivity contribution < 1.29 is 19.1 Å². The minimum atomic E-state index is -0.511. The molecule has 0 unspecified atom stereocenters. The Bertz CT molecular complexity index is 792. The molecule has 136 valence electrons. The highest BCUT2D eigenvalue weighted by Gasteiger charge is 2.28. The van der Waals surface area contributed by atoms with Crippen LogP contribution in [0.1, 0.15) is 17.3 Å². The fraction of sp³-hybridized carbons (Fsp3) is 0.263. The molecule has 26 heavy (non-hydrogen) atoms. The zero-order valence-corrected chi connectivity index (χ0v) is 14.4. The Morgan fingerprint density at radius 1 is 1.19 bits per heavy atom. The second-order valence-corrected chi connectivity index (χ2v) is 6.02. The first kappa shape index (κ1) is 17.9. The highest BCUT2D eigenvalue weighted by molar-refractivity contribution is 5.95. The summed E-state index contributed by atoms with van der Waals surface area (Å²) in [7, 11) is 0. The molecule has 0 aromatic heterocycles. The van der Waals surface area contributed by atoms with Gasteiger partial charge in [0.15, 0.2) is 0 Å². The highest BCUT2D eigenvalue weighted by Crippen LogP contribution is 2.24. The zero-order chi connectivity index (χ0) is 18.5. The summed E-state index contributed by atoms with van der Waals surface area (Å²) < 4.78 is 11.2. The maximum Gasteiger partial charge on any atom is 0.248 e. The third-order valence-electron chi connectivity index (χ3n) is 4.08. The zero-order valence-electron chi connectivity index (χ0n) is 14.4. The van der Waals surface area contributed by atoms with E-state index in [9.17, 15) is 9.59 Å². The molecule has 1 aliphatic heterocycles. The van der Waals surface area contributed by atoms with Crippen molar-refractivity contribution in [3.8, 4) is 11.5 Å². The van der Waals surface area contributed by atoms with E-state index in [2.05, 4.69) is 10.6 Å². The van der Waals surface area contributed by atoms with E-state index < -0.39 is 5.91 Å². The summed E-state index contributed by atoms with van der Waals surface area (Å²) in [4.78, 5) is 23.5. The molecule has 0 saturated carbocycles. The molecule has 2 aromatic rings. The topological polar surface area (TPSA) is 103 Å². The van der Waals surface area contributed by atoms with Crippen molar-refractivity contribution in [1.82, 2.24) is 5.32 Å². The molecule has 1 aliphatic rings. The number of benzene rings is 2. The summed E-state index contributed by atoms with van der Waals surface area (Å²) in [5.74, 6) is 0.440. The molecule has 1 fully saturated rings. The molecule has 0 radical (unpaired) electrons. The number of morpholine rings is 1. The van der Waals surface area contributed by atoms with Gasteiger partial charge in [-0.05, 0) is 49.4 Å². The lowest BCUT2D eigenvalue weighted by molar-refractivity contribution is -0.123. The first-order valence-corrected chi connectivity index (χ1v) is 8.36. The van der Waals surface area contributed by atoms with E-state index in [0.29, 0.717) is 35.9 Å². The predicted molar refractivity (Wildman–Crippen MR) is 97.3 cm³/mol. The first-order chi connectivity index (χ1) is 12.5. The second-order valence-electron chi connectivity index (χ2n) is 6.02. The van der Waals surface area contributed by atoms with Crippen molar-refractivity contribution in [2.24, 2.45) is 5.73 Å². The van der Waals surface area contributed by atoms with Gasteiger partial charge in [-0.25, -0.2) is 0 Å². The Morgan fingerprint density at radius 3 is 2.65 bits per heavy atom. The van der Waals surface area contributed by atoms with E-state index in [1.165, 1.54) is 0 Å². The maximum atomic E-state index is 12.3. The van der Waals surface area contributed by atoms with E-state index in [4.69, 9.17) is 15.2 Å². The van der Waals surface area contributed by atoms with Crippen molar-refractivity contribution in [3.63, 3.8) is 0 Å². The Labute approximate surface area is 151 Å². The van der Waals surface area contributed by atoms with Crippen molar-refractivity contribution in [2.45, 2.75) is 19.1 Å². The van der Waals surface area contributed by atoms with Crippen LogP contribution in [0.4, 0.5) is 5.69 Å². The van der Waals surface area contributed by atoms with E-state index >= 15 is 0 Å². The quantitative estimate of drug-likeness (QED) is 0.760. The summed E-state index contributed by atoms with van der Waals surface area (Å²) in [5, 5.41) is 6.01. The van der Waals surface area contributed by atoms with E-state index in [-0.39, 0.29) is 18.1 Å². The fourth-order valence-corrected chi connectivity index (χ4v) is 2.70. The normalized spacial score (nSPS) is 19.6. The number of anilines is 1. The Balaban J connectivity index is 1.62. The van der Waals surface area contributed by atoms with Crippen molar-refractivity contribution in [1.29, 1.82) is 0 Å². The molecule has 0 aliphatic carbocycles. The third-order valence-corrected chi connectivity index (χ3v) is 4.08. The predicted octanol–water partition coefficient (Wildman–Crippen LogP) is 1.89. The molecule has 0 spiro atoms. The van der Waals surface area contributed by atoms with Crippen molar-refractivity contribution in [3.05, 3.63) is 54.1 Å². The van der Waals surface area contributed by atoms with Crippen molar-refractivity contribution >= 4 is 17.5 Å². The Morgan fingerprint density at radius 2 is 1.96 bits per heavy atom. The minimum Gasteiger partial charge on any atom is -0.457 e. The monoisotopic (exact) mass is 355 g/mol. The van der Waals surface area contributed by atoms with Crippen LogP contribution in [0.5, 0.6) is 11.5 Å². The van der Waals surface area contributed by atoms with Crippen LogP contribution >= 0.6 is 0 Å². The lowest BCUT2D eigenvalue weighted by Gasteiger charge is -2.29. The summed E-state index contributed by atoms with van der Waals surface area (Å²) in [6.45, 7) is 3.13. The van der Waals surface area contributed by atoms with Crippen LogP contribution in [0.2, 0.25) is 0 Å². The van der Waals surface area contributed by atoms with Gasteiger partial charge in [0.2, 0.25) is 11.8 Å². The van der Waals surface area contributed by atoms with Gasteiger partial charge in [0.25, 0.3) is 0 Å². The molecule has 2 atom stereocenters. The average molecular weight is 355 g/mol. The number of nitrogens with one attached hydrogen (secondary N) is 2. The molecular formula is C19H21N3O4. The number of ether oxygens (including phenoxy) is 2. The van der Waals surface area contributed by atoms with E-state index in [1.807, 2.05) is 6.92 Å². The maximum absolute atomic E-state index is 12.3. The number of primary amides is 1. The molecule has 7 heteroatoms. The summed E-state index contributed by atoms with van der Waals surface area (Å²) in [6, 6.07) is 13.2. The molecule has 1 heterocycles. The number of carbonyl (C=O) groups excluding carboxylic acids is 2. The van der Waals surface area contributed by atoms with Crippen LogP contribution in [-0.2, 0) is 9.53 Å². The van der Waals surface area contributed by atoms with Crippen molar-refractivity contribution in [2.75, 3.05) is 18.5 Å². The molecule has 4 N–H and O–H groups in total. The first-order valence-electron chi connectivity index (χ1n) is 8.36. The number of hydrogen-bond donors (Lipinski definition) is 3. The number of carbonyl (C=O) groups is 2. The number of hydrogen-bond acceptors (Lipinski definition) is 5. The van der Waals surface area contributed by atoms with Gasteiger partial charge in [0, 0.05) is 17.8 Å². The van der Waals surface area contributed by atoms with Gasteiger partial charge >= 0.3 is 0 Å². The van der Waals surface area contributed by atoms with Gasteiger partial charge in [-0.3, -0.25) is 9.59 Å². The lowest BCUT2D eigenvalue weighted by Crippen LogP contribution is -2.53. The summed E-state index contributed by atoms with van der Waals surface area (Å²) in [6.07, 6.45) is -0.177. The molecule has 2 aromatic carbocycles. The molecule has 1 saturated heterocycles. The van der Waals surface area contributed by atoms with Crippen LogP contribution in [0.25, 0.3) is 0 Å². The van der Waals surface area contributed by atoms with E-state index in [0.717, 1.165) is 0 Å². The molecule has 3 rings (SSSR count). The average Bonchev–Trinajstić information content (AvgIpc) is 2.64. The van der Waals surface area contributed by atoms with E-state index in [1.54, 1.807) is 48.5 Å². The molecule has 0 bridgehead atoms. The third kappa shape index (κ3) is 4.38. The molecular weight excluding hydrogens is 334 g/mol. The van der Waals surface area contributed by atoms with Gasteiger partial charge in [-0.2, -0.15) is 0 Å². The van der Waals surface area contributed by atoms with Crippen LogP contribution in [0.15, 0.2) is 48.5 Å². The lowest BCUT2D eigenvalue weighted by atomic mass is 10.1.